The van der Waals surface area contributed by atoms with Crippen LogP contribution in [0, 0.1) is 0 Å². The summed E-state index contributed by atoms with van der Waals surface area (Å²) in [6.07, 6.45) is 4.77. The standard InChI is InChI=1S/C20H23N3O/c24-20(21-13-6-9-16-7-2-1-3-8-16)22-14-12-17-15-23-19-11-5-4-10-18(17)19/h1-5,7-8,10-11,15,23H,6,9,12-14H2,(H2,21,22,24). The highest BCUT2D eigenvalue weighted by atomic mass is 16.2. The highest BCUT2D eigenvalue weighted by Crippen LogP contribution is 2.17. The van der Waals surface area contributed by atoms with Gasteiger partial charge in [-0.2, -0.15) is 0 Å². The SMILES string of the molecule is O=C(NCCCc1ccccc1)NCCc1c[nH]c2ccccc12. The van der Waals surface area contributed by atoms with Crippen LogP contribution >= 0.6 is 0 Å². The first-order valence-electron chi connectivity index (χ1n) is 8.43. The first-order valence-corrected chi connectivity index (χ1v) is 8.43. The number of hydrogen-bond acceptors (Lipinski definition) is 1. The third kappa shape index (κ3) is 4.38. The lowest BCUT2D eigenvalue weighted by Crippen LogP contribution is -2.37. The Hall–Kier alpha value is -2.75. The molecule has 0 aliphatic rings. The molecule has 3 N–H and O–H groups in total. The molecule has 0 fully saturated rings. The first-order chi connectivity index (χ1) is 11.8. The van der Waals surface area contributed by atoms with Gasteiger partial charge in [0.2, 0.25) is 0 Å². The first kappa shape index (κ1) is 16.1. The molecule has 2 aromatic carbocycles. The van der Waals surface area contributed by atoms with Gasteiger partial charge in [0.05, 0.1) is 0 Å². The number of aryl methyl sites for hydroxylation is 1. The summed E-state index contributed by atoms with van der Waals surface area (Å²) < 4.78 is 0. The fraction of sp³-hybridized carbons (Fsp3) is 0.250. The molecular weight excluding hydrogens is 298 g/mol. The summed E-state index contributed by atoms with van der Waals surface area (Å²) in [5.74, 6) is 0. The second-order valence-electron chi connectivity index (χ2n) is 5.88. The lowest BCUT2D eigenvalue weighted by atomic mass is 10.1. The molecule has 3 aromatic rings. The third-order valence-corrected chi connectivity index (χ3v) is 4.13. The van der Waals surface area contributed by atoms with Gasteiger partial charge in [-0.1, -0.05) is 48.5 Å². The number of nitrogens with one attached hydrogen (secondary N) is 3. The summed E-state index contributed by atoms with van der Waals surface area (Å²) in [5, 5.41) is 7.06. The highest BCUT2D eigenvalue weighted by Gasteiger charge is 2.04. The molecule has 124 valence electrons. The van der Waals surface area contributed by atoms with Gasteiger partial charge in [-0.15, -0.1) is 0 Å². The van der Waals surface area contributed by atoms with Crippen molar-refractivity contribution < 1.29 is 4.79 Å². The fourth-order valence-corrected chi connectivity index (χ4v) is 2.85. The van der Waals surface area contributed by atoms with Gasteiger partial charge in [0.25, 0.3) is 0 Å². The Morgan fingerprint density at radius 2 is 1.62 bits per heavy atom. The number of rotatable bonds is 7. The van der Waals surface area contributed by atoms with Crippen LogP contribution < -0.4 is 10.6 Å². The molecule has 1 aromatic heterocycles. The van der Waals surface area contributed by atoms with E-state index in [1.54, 1.807) is 0 Å². The van der Waals surface area contributed by atoms with Gasteiger partial charge in [-0.25, -0.2) is 4.79 Å². The van der Waals surface area contributed by atoms with Crippen molar-refractivity contribution >= 4 is 16.9 Å². The minimum absolute atomic E-state index is 0.0945. The van der Waals surface area contributed by atoms with E-state index in [-0.39, 0.29) is 6.03 Å². The van der Waals surface area contributed by atoms with Crippen LogP contribution in [0.25, 0.3) is 10.9 Å². The van der Waals surface area contributed by atoms with Gasteiger partial charge < -0.3 is 15.6 Å². The zero-order chi connectivity index (χ0) is 16.6. The summed E-state index contributed by atoms with van der Waals surface area (Å²) in [6.45, 7) is 1.32. The van der Waals surface area contributed by atoms with E-state index in [1.807, 2.05) is 36.5 Å². The smallest absolute Gasteiger partial charge is 0.314 e. The molecule has 1 heterocycles. The molecule has 2 amide bonds. The lowest BCUT2D eigenvalue weighted by Gasteiger charge is -2.07. The van der Waals surface area contributed by atoms with Gasteiger partial charge in [0.15, 0.2) is 0 Å². The zero-order valence-corrected chi connectivity index (χ0v) is 13.7. The van der Waals surface area contributed by atoms with Crippen LogP contribution in [-0.4, -0.2) is 24.1 Å². The van der Waals surface area contributed by atoms with E-state index in [0.29, 0.717) is 13.1 Å². The molecule has 24 heavy (non-hydrogen) atoms. The summed E-state index contributed by atoms with van der Waals surface area (Å²) in [6, 6.07) is 18.4. The van der Waals surface area contributed by atoms with E-state index >= 15 is 0 Å². The largest absolute Gasteiger partial charge is 0.361 e. The molecule has 0 aliphatic heterocycles. The van der Waals surface area contributed by atoms with Gasteiger partial charge in [-0.3, -0.25) is 0 Å². The predicted molar refractivity (Wildman–Crippen MR) is 98.2 cm³/mol. The van der Waals surface area contributed by atoms with Crippen LogP contribution in [0.5, 0.6) is 0 Å². The molecule has 4 heteroatoms. The summed E-state index contributed by atoms with van der Waals surface area (Å²) in [5.41, 5.74) is 3.67. The van der Waals surface area contributed by atoms with Crippen LogP contribution in [0.15, 0.2) is 60.8 Å². The van der Waals surface area contributed by atoms with Gasteiger partial charge >= 0.3 is 6.03 Å². The average Bonchev–Trinajstić information content (AvgIpc) is 3.03. The number of carbonyl (C=O) groups is 1. The number of carbonyl (C=O) groups excluding carboxylic acids is 1. The number of para-hydroxylation sites is 1. The van der Waals surface area contributed by atoms with Crippen molar-refractivity contribution in [1.29, 1.82) is 0 Å². The Morgan fingerprint density at radius 1 is 0.875 bits per heavy atom. The second kappa shape index (κ2) is 8.20. The maximum absolute atomic E-state index is 11.8. The molecule has 0 bridgehead atoms. The topological polar surface area (TPSA) is 56.9 Å². The van der Waals surface area contributed by atoms with Crippen molar-refractivity contribution in [2.75, 3.05) is 13.1 Å². The average molecular weight is 321 g/mol. The number of aromatic nitrogens is 1. The van der Waals surface area contributed by atoms with E-state index in [9.17, 15) is 4.79 Å². The molecule has 0 saturated carbocycles. The molecule has 0 unspecified atom stereocenters. The van der Waals surface area contributed by atoms with Gasteiger partial charge in [-0.05, 0) is 36.5 Å². The zero-order valence-electron chi connectivity index (χ0n) is 13.7. The molecule has 0 atom stereocenters. The van der Waals surface area contributed by atoms with Crippen molar-refractivity contribution in [1.82, 2.24) is 15.6 Å². The van der Waals surface area contributed by atoms with Crippen molar-refractivity contribution in [2.24, 2.45) is 0 Å². The molecular formula is C20H23N3O. The van der Waals surface area contributed by atoms with Crippen molar-refractivity contribution in [3.05, 3.63) is 71.9 Å². The minimum Gasteiger partial charge on any atom is -0.361 e. The Labute approximate surface area is 142 Å². The number of benzene rings is 2. The van der Waals surface area contributed by atoms with E-state index < -0.39 is 0 Å². The lowest BCUT2D eigenvalue weighted by molar-refractivity contribution is 0.241. The fourth-order valence-electron chi connectivity index (χ4n) is 2.85. The van der Waals surface area contributed by atoms with Gasteiger partial charge in [0, 0.05) is 30.2 Å². The monoisotopic (exact) mass is 321 g/mol. The molecule has 0 radical (unpaired) electrons. The van der Waals surface area contributed by atoms with Crippen LogP contribution in [-0.2, 0) is 12.8 Å². The Kier molecular flexibility index (Phi) is 5.51. The molecule has 0 saturated heterocycles. The quantitative estimate of drug-likeness (QED) is 0.572. The van der Waals surface area contributed by atoms with E-state index in [1.165, 1.54) is 16.5 Å². The van der Waals surface area contributed by atoms with Crippen LogP contribution in [0.4, 0.5) is 4.79 Å². The van der Waals surface area contributed by atoms with E-state index in [2.05, 4.69) is 39.9 Å². The molecule has 0 spiro atoms. The van der Waals surface area contributed by atoms with Crippen molar-refractivity contribution in [3.8, 4) is 0 Å². The third-order valence-electron chi connectivity index (χ3n) is 4.13. The van der Waals surface area contributed by atoms with Crippen molar-refractivity contribution in [2.45, 2.75) is 19.3 Å². The number of H-pyrrole nitrogens is 1. The summed E-state index contributed by atoms with van der Waals surface area (Å²) in [7, 11) is 0. The number of hydrogen-bond donors (Lipinski definition) is 3. The number of fused-ring (bicyclic) bond motifs is 1. The number of amides is 2. The van der Waals surface area contributed by atoms with E-state index in [4.69, 9.17) is 0 Å². The number of urea groups is 1. The van der Waals surface area contributed by atoms with Gasteiger partial charge in [0.1, 0.15) is 0 Å². The molecule has 0 aliphatic carbocycles. The Balaban J connectivity index is 1.34. The van der Waals surface area contributed by atoms with Crippen LogP contribution in [0.3, 0.4) is 0 Å². The summed E-state index contributed by atoms with van der Waals surface area (Å²) in [4.78, 5) is 15.1. The molecule has 3 rings (SSSR count). The Bertz CT molecular complexity index is 780. The minimum atomic E-state index is -0.0945. The molecule has 4 nitrogen and oxygen atoms in total. The summed E-state index contributed by atoms with van der Waals surface area (Å²) >= 11 is 0. The maximum Gasteiger partial charge on any atom is 0.314 e. The normalized spacial score (nSPS) is 10.7. The predicted octanol–water partition coefficient (Wildman–Crippen LogP) is 3.64. The highest BCUT2D eigenvalue weighted by molar-refractivity contribution is 5.83. The van der Waals surface area contributed by atoms with Crippen LogP contribution in [0.1, 0.15) is 17.5 Å². The number of aromatic amines is 1. The Morgan fingerprint density at radius 3 is 2.50 bits per heavy atom. The second-order valence-corrected chi connectivity index (χ2v) is 5.88. The van der Waals surface area contributed by atoms with E-state index in [0.717, 1.165) is 24.8 Å². The van der Waals surface area contributed by atoms with Crippen LogP contribution in [0.2, 0.25) is 0 Å². The maximum atomic E-state index is 11.8. The van der Waals surface area contributed by atoms with Crippen molar-refractivity contribution in [3.63, 3.8) is 0 Å².